The first-order valence-corrected chi connectivity index (χ1v) is 6.71. The van der Waals surface area contributed by atoms with Crippen LogP contribution in [0.3, 0.4) is 0 Å². The lowest BCUT2D eigenvalue weighted by Crippen LogP contribution is -2.26. The smallest absolute Gasteiger partial charge is 0.210 e. The number of sulfonamides is 1. The second kappa shape index (κ2) is 5.85. The Labute approximate surface area is 100 Å². The van der Waals surface area contributed by atoms with E-state index in [0.717, 1.165) is 0 Å². The normalized spacial score (nSPS) is 11.4. The number of benzene rings is 1. The van der Waals surface area contributed by atoms with Crippen molar-refractivity contribution in [2.45, 2.75) is 6.54 Å². The van der Waals surface area contributed by atoms with Gasteiger partial charge in [-0.2, -0.15) is 0 Å². The SMILES string of the molecule is COc1cccc(CNCCS(N)(=O)=O)c1O. The molecular weight excluding hydrogens is 244 g/mol. The summed E-state index contributed by atoms with van der Waals surface area (Å²) >= 11 is 0. The van der Waals surface area contributed by atoms with Crippen LogP contribution in [0.15, 0.2) is 18.2 Å². The minimum Gasteiger partial charge on any atom is -0.504 e. The van der Waals surface area contributed by atoms with Crippen LogP contribution in [0.5, 0.6) is 11.5 Å². The number of ether oxygens (including phenoxy) is 1. The largest absolute Gasteiger partial charge is 0.504 e. The van der Waals surface area contributed by atoms with Crippen molar-refractivity contribution in [3.63, 3.8) is 0 Å². The number of aromatic hydroxyl groups is 1. The lowest BCUT2D eigenvalue weighted by atomic mass is 10.2. The Morgan fingerprint density at radius 1 is 1.47 bits per heavy atom. The van der Waals surface area contributed by atoms with Crippen LogP contribution in [0.1, 0.15) is 5.56 Å². The van der Waals surface area contributed by atoms with Gasteiger partial charge in [-0.15, -0.1) is 0 Å². The molecule has 0 bridgehead atoms. The van der Waals surface area contributed by atoms with Gasteiger partial charge in [0.15, 0.2) is 11.5 Å². The molecule has 0 aliphatic carbocycles. The summed E-state index contributed by atoms with van der Waals surface area (Å²) in [5.41, 5.74) is 0.638. The molecule has 0 spiro atoms. The summed E-state index contributed by atoms with van der Waals surface area (Å²) in [4.78, 5) is 0. The molecule has 96 valence electrons. The maximum atomic E-state index is 10.7. The van der Waals surface area contributed by atoms with Gasteiger partial charge in [0.25, 0.3) is 0 Å². The Morgan fingerprint density at radius 2 is 2.18 bits per heavy atom. The molecule has 0 unspecified atom stereocenters. The van der Waals surface area contributed by atoms with Crippen molar-refractivity contribution < 1.29 is 18.3 Å². The van der Waals surface area contributed by atoms with E-state index >= 15 is 0 Å². The first kappa shape index (κ1) is 13.8. The highest BCUT2D eigenvalue weighted by Gasteiger charge is 2.07. The summed E-state index contributed by atoms with van der Waals surface area (Å²) in [5.74, 6) is 0.298. The topological polar surface area (TPSA) is 102 Å². The van der Waals surface area contributed by atoms with E-state index in [0.29, 0.717) is 17.9 Å². The molecule has 1 aromatic rings. The van der Waals surface area contributed by atoms with Crippen molar-refractivity contribution in [2.75, 3.05) is 19.4 Å². The molecule has 4 N–H and O–H groups in total. The van der Waals surface area contributed by atoms with Crippen LogP contribution in [0, 0.1) is 0 Å². The fourth-order valence-corrected chi connectivity index (χ4v) is 1.74. The van der Waals surface area contributed by atoms with Crippen LogP contribution in [0.25, 0.3) is 0 Å². The van der Waals surface area contributed by atoms with Gasteiger partial charge in [-0.3, -0.25) is 0 Å². The molecule has 0 aliphatic rings. The zero-order valence-corrected chi connectivity index (χ0v) is 10.3. The van der Waals surface area contributed by atoms with E-state index < -0.39 is 10.0 Å². The fraction of sp³-hybridized carbons (Fsp3) is 0.400. The molecule has 0 fully saturated rings. The Morgan fingerprint density at radius 3 is 2.76 bits per heavy atom. The Bertz CT molecular complexity index is 473. The third-order valence-electron chi connectivity index (χ3n) is 2.18. The Balaban J connectivity index is 2.52. The summed E-state index contributed by atoms with van der Waals surface area (Å²) in [5, 5.41) is 17.5. The second-order valence-corrected chi connectivity index (χ2v) is 5.25. The molecule has 0 radical (unpaired) electrons. The third-order valence-corrected chi connectivity index (χ3v) is 2.95. The summed E-state index contributed by atoms with van der Waals surface area (Å²) in [6, 6.07) is 5.11. The number of hydrogen-bond acceptors (Lipinski definition) is 5. The van der Waals surface area contributed by atoms with Gasteiger partial charge in [-0.05, 0) is 6.07 Å². The number of primary sulfonamides is 1. The lowest BCUT2D eigenvalue weighted by molar-refractivity contribution is 0.370. The zero-order valence-electron chi connectivity index (χ0n) is 9.51. The average molecular weight is 260 g/mol. The van der Waals surface area contributed by atoms with E-state index in [9.17, 15) is 13.5 Å². The highest BCUT2D eigenvalue weighted by molar-refractivity contribution is 7.89. The number of phenols is 1. The predicted molar refractivity (Wildman–Crippen MR) is 64.3 cm³/mol. The summed E-state index contributed by atoms with van der Waals surface area (Å²) in [7, 11) is -1.99. The van der Waals surface area contributed by atoms with Gasteiger partial charge in [0, 0.05) is 18.7 Å². The van der Waals surface area contributed by atoms with E-state index in [2.05, 4.69) is 5.32 Å². The molecule has 7 heteroatoms. The van der Waals surface area contributed by atoms with Crippen molar-refractivity contribution in [2.24, 2.45) is 5.14 Å². The van der Waals surface area contributed by atoms with E-state index in [1.807, 2.05) is 0 Å². The molecule has 1 aromatic carbocycles. The van der Waals surface area contributed by atoms with E-state index in [4.69, 9.17) is 9.88 Å². The van der Waals surface area contributed by atoms with Crippen LogP contribution in [0.2, 0.25) is 0 Å². The van der Waals surface area contributed by atoms with Crippen LogP contribution in [-0.2, 0) is 16.6 Å². The number of phenolic OH excluding ortho intramolecular Hbond substituents is 1. The first-order chi connectivity index (χ1) is 7.94. The number of rotatable bonds is 6. The van der Waals surface area contributed by atoms with Crippen molar-refractivity contribution >= 4 is 10.0 Å². The fourth-order valence-electron chi connectivity index (χ4n) is 1.31. The quantitative estimate of drug-likeness (QED) is 0.614. The van der Waals surface area contributed by atoms with Crippen molar-refractivity contribution in [1.82, 2.24) is 5.32 Å². The van der Waals surface area contributed by atoms with Gasteiger partial charge in [0.1, 0.15) is 0 Å². The summed E-state index contributed by atoms with van der Waals surface area (Å²) in [6.07, 6.45) is 0. The number of nitrogens with one attached hydrogen (secondary N) is 1. The molecule has 0 saturated heterocycles. The molecule has 1 rings (SSSR count). The zero-order chi connectivity index (χ0) is 12.9. The number of para-hydroxylation sites is 1. The number of methoxy groups -OCH3 is 1. The molecule has 0 heterocycles. The molecule has 0 saturated carbocycles. The predicted octanol–water partition coefficient (Wildman–Crippen LogP) is -0.221. The minimum absolute atomic E-state index is 0.0538. The van der Waals surface area contributed by atoms with Crippen LogP contribution >= 0.6 is 0 Å². The van der Waals surface area contributed by atoms with E-state index in [1.54, 1.807) is 18.2 Å². The van der Waals surface area contributed by atoms with Crippen LogP contribution < -0.4 is 15.2 Å². The first-order valence-electron chi connectivity index (χ1n) is 5.00. The third kappa shape index (κ3) is 4.59. The van der Waals surface area contributed by atoms with E-state index in [1.165, 1.54) is 7.11 Å². The lowest BCUT2D eigenvalue weighted by Gasteiger charge is -2.09. The Kier molecular flexibility index (Phi) is 4.73. The van der Waals surface area contributed by atoms with Crippen molar-refractivity contribution in [3.8, 4) is 11.5 Å². The van der Waals surface area contributed by atoms with Gasteiger partial charge in [-0.25, -0.2) is 13.6 Å². The van der Waals surface area contributed by atoms with Gasteiger partial charge < -0.3 is 15.2 Å². The molecule has 0 aromatic heterocycles. The molecular formula is C10H16N2O4S. The molecule has 0 aliphatic heterocycles. The summed E-state index contributed by atoms with van der Waals surface area (Å²) in [6.45, 7) is 0.577. The van der Waals surface area contributed by atoms with Gasteiger partial charge >= 0.3 is 0 Å². The number of hydrogen-bond donors (Lipinski definition) is 3. The molecule has 17 heavy (non-hydrogen) atoms. The minimum atomic E-state index is -3.45. The van der Waals surface area contributed by atoms with Crippen molar-refractivity contribution in [1.29, 1.82) is 0 Å². The molecule has 0 amide bonds. The Hall–Kier alpha value is -1.31. The van der Waals surface area contributed by atoms with E-state index in [-0.39, 0.29) is 18.0 Å². The monoisotopic (exact) mass is 260 g/mol. The molecule has 6 nitrogen and oxygen atoms in total. The number of nitrogens with two attached hydrogens (primary N) is 1. The van der Waals surface area contributed by atoms with Gasteiger partial charge in [-0.1, -0.05) is 12.1 Å². The van der Waals surface area contributed by atoms with Crippen molar-refractivity contribution in [3.05, 3.63) is 23.8 Å². The van der Waals surface area contributed by atoms with Crippen LogP contribution in [0.4, 0.5) is 0 Å². The van der Waals surface area contributed by atoms with Gasteiger partial charge in [0.05, 0.1) is 12.9 Å². The summed E-state index contributed by atoms with van der Waals surface area (Å²) < 4.78 is 26.3. The van der Waals surface area contributed by atoms with Gasteiger partial charge in [0.2, 0.25) is 10.0 Å². The second-order valence-electron chi connectivity index (χ2n) is 3.51. The highest BCUT2D eigenvalue weighted by Crippen LogP contribution is 2.28. The average Bonchev–Trinajstić information content (AvgIpc) is 2.25. The maximum Gasteiger partial charge on any atom is 0.210 e. The van der Waals surface area contributed by atoms with Crippen LogP contribution in [-0.4, -0.2) is 32.9 Å². The molecule has 0 atom stereocenters. The highest BCUT2D eigenvalue weighted by atomic mass is 32.2. The maximum absolute atomic E-state index is 10.7. The standard InChI is InChI=1S/C10H16N2O4S/c1-16-9-4-2-3-8(10(9)13)7-12-5-6-17(11,14)15/h2-4,12-13H,5-7H2,1H3,(H2,11,14,15).